The third kappa shape index (κ3) is 4.06. The van der Waals surface area contributed by atoms with E-state index < -0.39 is 5.91 Å². The minimum absolute atomic E-state index is 0.0417. The number of pyridine rings is 1. The standard InChI is InChI=1S/C13H18ClN3O3/c1-8(6-20-10-2-3-19-7-10)17-13-11(14)4-9(5-16-13)12(15)18/h4-5,8,10H,2-3,6-7H2,1H3,(H2,15,18)(H,16,17). The molecule has 0 aliphatic carbocycles. The fraction of sp³-hybridized carbons (Fsp3) is 0.538. The lowest BCUT2D eigenvalue weighted by Crippen LogP contribution is -2.26. The number of amides is 1. The number of nitrogens with one attached hydrogen (secondary N) is 1. The molecule has 1 amide bonds. The molecule has 0 aromatic carbocycles. The number of hydrogen-bond acceptors (Lipinski definition) is 5. The van der Waals surface area contributed by atoms with Crippen LogP contribution in [-0.2, 0) is 9.47 Å². The number of ether oxygens (including phenoxy) is 2. The summed E-state index contributed by atoms with van der Waals surface area (Å²) in [5.74, 6) is -0.0426. The molecule has 1 aliphatic rings. The van der Waals surface area contributed by atoms with Gasteiger partial charge in [-0.05, 0) is 19.4 Å². The lowest BCUT2D eigenvalue weighted by Gasteiger charge is -2.18. The van der Waals surface area contributed by atoms with Crippen molar-refractivity contribution >= 4 is 23.3 Å². The van der Waals surface area contributed by atoms with Crippen molar-refractivity contribution < 1.29 is 14.3 Å². The number of carbonyl (C=O) groups excluding carboxylic acids is 1. The van der Waals surface area contributed by atoms with Crippen LogP contribution < -0.4 is 11.1 Å². The van der Waals surface area contributed by atoms with Gasteiger partial charge in [-0.2, -0.15) is 0 Å². The van der Waals surface area contributed by atoms with Crippen LogP contribution in [0.1, 0.15) is 23.7 Å². The first-order valence-corrected chi connectivity index (χ1v) is 6.85. The summed E-state index contributed by atoms with van der Waals surface area (Å²) in [7, 11) is 0. The van der Waals surface area contributed by atoms with Crippen LogP contribution in [0.15, 0.2) is 12.3 Å². The maximum atomic E-state index is 11.0. The number of aromatic nitrogens is 1. The van der Waals surface area contributed by atoms with E-state index in [2.05, 4.69) is 10.3 Å². The molecule has 2 heterocycles. The number of nitrogens with two attached hydrogens (primary N) is 1. The molecule has 1 aromatic heterocycles. The second-order valence-corrected chi connectivity index (χ2v) is 5.19. The topological polar surface area (TPSA) is 86.5 Å². The number of carbonyl (C=O) groups is 1. The van der Waals surface area contributed by atoms with Crippen LogP contribution in [0, 0.1) is 0 Å². The normalized spacial score (nSPS) is 19.8. The molecule has 1 aliphatic heterocycles. The molecule has 3 N–H and O–H groups in total. The number of primary amides is 1. The summed E-state index contributed by atoms with van der Waals surface area (Å²) in [6.07, 6.45) is 2.49. The highest BCUT2D eigenvalue weighted by atomic mass is 35.5. The van der Waals surface area contributed by atoms with E-state index >= 15 is 0 Å². The fourth-order valence-electron chi connectivity index (χ4n) is 1.88. The Morgan fingerprint density at radius 2 is 2.55 bits per heavy atom. The van der Waals surface area contributed by atoms with Gasteiger partial charge in [0.25, 0.3) is 0 Å². The first-order chi connectivity index (χ1) is 9.56. The third-order valence-electron chi connectivity index (χ3n) is 2.98. The summed E-state index contributed by atoms with van der Waals surface area (Å²) in [4.78, 5) is 15.1. The van der Waals surface area contributed by atoms with Gasteiger partial charge in [-0.1, -0.05) is 11.6 Å². The predicted octanol–water partition coefficient (Wildman–Crippen LogP) is 1.44. The summed E-state index contributed by atoms with van der Waals surface area (Å²) in [6, 6.07) is 1.54. The molecular formula is C13H18ClN3O3. The van der Waals surface area contributed by atoms with Crippen molar-refractivity contribution in [1.29, 1.82) is 0 Å². The summed E-state index contributed by atoms with van der Waals surface area (Å²) >= 11 is 6.05. The van der Waals surface area contributed by atoms with Gasteiger partial charge in [-0.25, -0.2) is 4.98 Å². The van der Waals surface area contributed by atoms with Crippen LogP contribution in [0.3, 0.4) is 0 Å². The van der Waals surface area contributed by atoms with Gasteiger partial charge < -0.3 is 20.5 Å². The van der Waals surface area contributed by atoms with E-state index in [1.54, 1.807) is 0 Å². The number of hydrogen-bond donors (Lipinski definition) is 2. The van der Waals surface area contributed by atoms with Gasteiger partial charge in [0.1, 0.15) is 5.82 Å². The molecule has 1 saturated heterocycles. The van der Waals surface area contributed by atoms with E-state index in [0.717, 1.165) is 13.0 Å². The number of nitrogens with zero attached hydrogens (tertiary/aromatic N) is 1. The largest absolute Gasteiger partial charge is 0.379 e. The molecule has 20 heavy (non-hydrogen) atoms. The Labute approximate surface area is 122 Å². The van der Waals surface area contributed by atoms with Crippen LogP contribution in [0.4, 0.5) is 5.82 Å². The van der Waals surface area contributed by atoms with Crippen LogP contribution in [0.2, 0.25) is 5.02 Å². The van der Waals surface area contributed by atoms with Crippen molar-refractivity contribution in [3.63, 3.8) is 0 Å². The van der Waals surface area contributed by atoms with E-state index in [9.17, 15) is 4.79 Å². The minimum atomic E-state index is -0.552. The second-order valence-electron chi connectivity index (χ2n) is 4.78. The number of halogens is 1. The molecule has 110 valence electrons. The van der Waals surface area contributed by atoms with Crippen molar-refractivity contribution in [2.24, 2.45) is 5.73 Å². The van der Waals surface area contributed by atoms with E-state index in [4.69, 9.17) is 26.8 Å². The first-order valence-electron chi connectivity index (χ1n) is 6.47. The van der Waals surface area contributed by atoms with Crippen molar-refractivity contribution in [2.75, 3.05) is 25.1 Å². The molecule has 0 saturated carbocycles. The summed E-state index contributed by atoms with van der Waals surface area (Å²) in [6.45, 7) is 3.91. The first kappa shape index (κ1) is 15.0. The zero-order valence-corrected chi connectivity index (χ0v) is 12.0. The highest BCUT2D eigenvalue weighted by molar-refractivity contribution is 6.33. The Balaban J connectivity index is 1.86. The highest BCUT2D eigenvalue weighted by Gasteiger charge is 2.17. The van der Waals surface area contributed by atoms with Crippen LogP contribution in [0.5, 0.6) is 0 Å². The Kier molecular flexibility index (Phi) is 5.17. The highest BCUT2D eigenvalue weighted by Crippen LogP contribution is 2.21. The SMILES string of the molecule is CC(COC1CCOC1)Nc1ncc(C(N)=O)cc1Cl. The molecule has 0 bridgehead atoms. The maximum absolute atomic E-state index is 11.0. The fourth-order valence-corrected chi connectivity index (χ4v) is 2.10. The molecule has 1 fully saturated rings. The molecule has 0 radical (unpaired) electrons. The average molecular weight is 300 g/mol. The van der Waals surface area contributed by atoms with Crippen LogP contribution in [0.25, 0.3) is 0 Å². The van der Waals surface area contributed by atoms with Gasteiger partial charge in [0.2, 0.25) is 5.91 Å². The second kappa shape index (κ2) is 6.88. The summed E-state index contributed by atoms with van der Waals surface area (Å²) < 4.78 is 10.9. The van der Waals surface area contributed by atoms with Gasteiger partial charge in [0.05, 0.1) is 29.9 Å². The van der Waals surface area contributed by atoms with E-state index in [0.29, 0.717) is 24.1 Å². The van der Waals surface area contributed by atoms with E-state index in [1.807, 2.05) is 6.92 Å². The monoisotopic (exact) mass is 299 g/mol. The van der Waals surface area contributed by atoms with Gasteiger partial charge in [-0.15, -0.1) is 0 Å². The van der Waals surface area contributed by atoms with E-state index in [1.165, 1.54) is 12.3 Å². The van der Waals surface area contributed by atoms with Gasteiger partial charge in [-0.3, -0.25) is 4.79 Å². The number of rotatable bonds is 6. The van der Waals surface area contributed by atoms with Crippen molar-refractivity contribution in [3.05, 3.63) is 22.8 Å². The van der Waals surface area contributed by atoms with Crippen molar-refractivity contribution in [1.82, 2.24) is 4.98 Å². The van der Waals surface area contributed by atoms with E-state index in [-0.39, 0.29) is 17.7 Å². The lowest BCUT2D eigenvalue weighted by molar-refractivity contribution is 0.0395. The number of anilines is 1. The Morgan fingerprint density at radius 1 is 1.75 bits per heavy atom. The van der Waals surface area contributed by atoms with Crippen LogP contribution in [-0.4, -0.2) is 42.9 Å². The van der Waals surface area contributed by atoms with Gasteiger partial charge >= 0.3 is 0 Å². The van der Waals surface area contributed by atoms with Crippen molar-refractivity contribution in [3.8, 4) is 0 Å². The Morgan fingerprint density at radius 3 is 3.15 bits per heavy atom. The molecule has 2 unspecified atom stereocenters. The molecule has 0 spiro atoms. The zero-order chi connectivity index (χ0) is 14.5. The van der Waals surface area contributed by atoms with Gasteiger partial charge in [0, 0.05) is 18.8 Å². The Hall–Kier alpha value is -1.37. The lowest BCUT2D eigenvalue weighted by atomic mass is 10.2. The smallest absolute Gasteiger partial charge is 0.250 e. The summed E-state index contributed by atoms with van der Waals surface area (Å²) in [5.41, 5.74) is 5.45. The van der Waals surface area contributed by atoms with Gasteiger partial charge in [0.15, 0.2) is 0 Å². The summed E-state index contributed by atoms with van der Waals surface area (Å²) in [5, 5.41) is 3.50. The zero-order valence-electron chi connectivity index (χ0n) is 11.3. The minimum Gasteiger partial charge on any atom is -0.379 e. The Bertz CT molecular complexity index is 478. The third-order valence-corrected chi connectivity index (χ3v) is 3.27. The molecule has 1 aromatic rings. The molecular weight excluding hydrogens is 282 g/mol. The molecule has 2 rings (SSSR count). The quantitative estimate of drug-likeness (QED) is 0.830. The molecule has 7 heteroatoms. The van der Waals surface area contributed by atoms with Crippen molar-refractivity contribution in [2.45, 2.75) is 25.5 Å². The predicted molar refractivity (Wildman–Crippen MR) is 76.0 cm³/mol. The maximum Gasteiger partial charge on any atom is 0.250 e. The van der Waals surface area contributed by atoms with Crippen LogP contribution >= 0.6 is 11.6 Å². The molecule has 2 atom stereocenters. The molecule has 6 nitrogen and oxygen atoms in total. The average Bonchev–Trinajstić information content (AvgIpc) is 2.91.